The van der Waals surface area contributed by atoms with Crippen LogP contribution in [-0.4, -0.2) is 18.1 Å². The Balaban J connectivity index is 2.11. The van der Waals surface area contributed by atoms with Gasteiger partial charge in [-0.3, -0.25) is 4.98 Å². The number of quaternary nitrogens is 2. The molecule has 0 fully saturated rings. The van der Waals surface area contributed by atoms with Gasteiger partial charge in [-0.1, -0.05) is 0 Å². The lowest BCUT2D eigenvalue weighted by Gasteiger charge is -2.28. The van der Waals surface area contributed by atoms with Gasteiger partial charge in [-0.05, 0) is 0 Å². The molecule has 1 aromatic rings. The van der Waals surface area contributed by atoms with Gasteiger partial charge in [0.25, 0.3) is 0 Å². The zero-order valence-electron chi connectivity index (χ0n) is 8.71. The largest absolute Gasteiger partial charge is 0.459 e. The predicted molar refractivity (Wildman–Crippen MR) is 57.8 cm³/mol. The summed E-state index contributed by atoms with van der Waals surface area (Å²) in [5.41, 5.74) is 5.42. The van der Waals surface area contributed by atoms with Gasteiger partial charge in [0, 0.05) is 30.5 Å². The summed E-state index contributed by atoms with van der Waals surface area (Å²) in [5.74, 6) is 0. The van der Waals surface area contributed by atoms with E-state index in [9.17, 15) is 0 Å². The van der Waals surface area contributed by atoms with E-state index in [2.05, 4.69) is 25.1 Å². The molecule has 0 amide bonds. The van der Waals surface area contributed by atoms with Gasteiger partial charge in [0.1, 0.15) is 17.9 Å². The minimum atomic E-state index is 1.00. The van der Waals surface area contributed by atoms with Crippen LogP contribution in [0.3, 0.4) is 0 Å². The number of rotatable bonds is 0. The normalized spacial score (nSPS) is 28.9. The molecule has 3 heteroatoms. The summed E-state index contributed by atoms with van der Waals surface area (Å²) >= 11 is 0. The molecule has 0 spiro atoms. The fraction of sp³-hybridized carbons (Fsp3) is 0.250. The van der Waals surface area contributed by atoms with E-state index in [1.54, 1.807) is 0 Å². The molecule has 3 nitrogen and oxygen atoms in total. The van der Waals surface area contributed by atoms with Crippen LogP contribution in [0.4, 0.5) is 5.69 Å². The molecule has 3 heterocycles. The second-order valence-electron chi connectivity index (χ2n) is 4.28. The van der Waals surface area contributed by atoms with Gasteiger partial charge < -0.3 is 9.80 Å². The van der Waals surface area contributed by atoms with E-state index in [1.165, 1.54) is 32.3 Å². The highest BCUT2D eigenvalue weighted by atomic mass is 15.2. The van der Waals surface area contributed by atoms with Crippen LogP contribution >= 0.6 is 0 Å². The molecule has 2 N–H and O–H groups in total. The Hall–Kier alpha value is -1.19. The molecule has 0 saturated heterocycles. The van der Waals surface area contributed by atoms with Crippen LogP contribution in [-0.2, 0) is 0 Å². The Labute approximate surface area is 90.0 Å². The van der Waals surface area contributed by atoms with Crippen molar-refractivity contribution in [1.82, 2.24) is 4.98 Å². The summed E-state index contributed by atoms with van der Waals surface area (Å²) in [5, 5.41) is 0. The SMILES string of the molecule is [CH2-][NH+]1CCC2=C(C1)[NH+]([CH2-])c1ccncc12. The van der Waals surface area contributed by atoms with E-state index in [-0.39, 0.29) is 0 Å². The lowest BCUT2D eigenvalue weighted by Crippen LogP contribution is -3.13. The van der Waals surface area contributed by atoms with Gasteiger partial charge in [0.15, 0.2) is 0 Å². The number of hydrogen-bond donors (Lipinski definition) is 2. The molecule has 2 aliphatic rings. The third kappa shape index (κ3) is 1.24. The van der Waals surface area contributed by atoms with Crippen molar-refractivity contribution in [2.45, 2.75) is 6.42 Å². The summed E-state index contributed by atoms with van der Waals surface area (Å²) in [6, 6.07) is 2.07. The molecule has 0 bridgehead atoms. The Morgan fingerprint density at radius 1 is 1.33 bits per heavy atom. The molecule has 0 aliphatic carbocycles. The average Bonchev–Trinajstić information content (AvgIpc) is 2.54. The van der Waals surface area contributed by atoms with Crippen molar-refractivity contribution < 1.29 is 9.80 Å². The van der Waals surface area contributed by atoms with E-state index in [0.29, 0.717) is 0 Å². The Kier molecular flexibility index (Phi) is 1.90. The lowest BCUT2D eigenvalue weighted by molar-refractivity contribution is -0.872. The number of fused-ring (bicyclic) bond motifs is 2. The predicted octanol–water partition coefficient (Wildman–Crippen LogP) is -0.806. The summed E-state index contributed by atoms with van der Waals surface area (Å²) in [7, 11) is 8.27. The zero-order valence-corrected chi connectivity index (χ0v) is 8.71. The third-order valence-electron chi connectivity index (χ3n) is 3.36. The Morgan fingerprint density at radius 2 is 2.20 bits per heavy atom. The fourth-order valence-corrected chi connectivity index (χ4v) is 2.54. The maximum Gasteiger partial charge on any atom is 0.143 e. The third-order valence-corrected chi connectivity index (χ3v) is 3.36. The van der Waals surface area contributed by atoms with Gasteiger partial charge in [-0.2, -0.15) is 7.05 Å². The number of pyridine rings is 1. The Morgan fingerprint density at radius 3 is 3.07 bits per heavy atom. The number of aromatic nitrogens is 1. The highest BCUT2D eigenvalue weighted by molar-refractivity contribution is 5.77. The number of nitrogens with one attached hydrogen (secondary N) is 2. The van der Waals surface area contributed by atoms with Gasteiger partial charge in [0.2, 0.25) is 0 Å². The van der Waals surface area contributed by atoms with E-state index < -0.39 is 0 Å². The summed E-state index contributed by atoms with van der Waals surface area (Å²) in [6.07, 6.45) is 4.92. The lowest BCUT2D eigenvalue weighted by atomic mass is 10.0. The van der Waals surface area contributed by atoms with Crippen LogP contribution in [0.5, 0.6) is 0 Å². The molecule has 2 unspecified atom stereocenters. The van der Waals surface area contributed by atoms with E-state index >= 15 is 0 Å². The average molecular weight is 201 g/mol. The maximum atomic E-state index is 4.20. The molecule has 3 rings (SSSR count). The minimum absolute atomic E-state index is 1.00. The molecule has 0 saturated carbocycles. The van der Waals surface area contributed by atoms with E-state index in [1.807, 2.05) is 12.4 Å². The van der Waals surface area contributed by atoms with Crippen molar-refractivity contribution in [3.8, 4) is 0 Å². The highest BCUT2D eigenvalue weighted by Crippen LogP contribution is 2.30. The first-order valence-electron chi connectivity index (χ1n) is 5.30. The van der Waals surface area contributed by atoms with Gasteiger partial charge in [0.05, 0.1) is 12.1 Å². The zero-order chi connectivity index (χ0) is 10.4. The highest BCUT2D eigenvalue weighted by Gasteiger charge is 2.32. The summed E-state index contributed by atoms with van der Waals surface area (Å²) < 4.78 is 0. The smallest absolute Gasteiger partial charge is 0.143 e. The van der Waals surface area contributed by atoms with Crippen LogP contribution in [0.2, 0.25) is 0 Å². The molecule has 2 aliphatic heterocycles. The first kappa shape index (κ1) is 9.07. The van der Waals surface area contributed by atoms with Crippen LogP contribution in [0, 0.1) is 14.1 Å². The summed E-state index contributed by atoms with van der Waals surface area (Å²) in [6.45, 7) is 2.11. The monoisotopic (exact) mass is 201 g/mol. The van der Waals surface area contributed by atoms with E-state index in [0.717, 1.165) is 19.5 Å². The molecule has 1 aromatic heterocycles. The maximum absolute atomic E-state index is 4.20. The van der Waals surface area contributed by atoms with Crippen LogP contribution in [0.25, 0.3) is 5.57 Å². The standard InChI is InChI=1S/C12H15N3/c1-14-6-4-9-10-7-13-5-3-11(10)15(2)12(9)8-14/h3,5,7,14-15H,1-2,4,6,8H2. The van der Waals surface area contributed by atoms with Crippen LogP contribution in [0.1, 0.15) is 12.0 Å². The molecule has 15 heavy (non-hydrogen) atoms. The number of hydrogen-bond acceptors (Lipinski definition) is 1. The first-order chi connectivity index (χ1) is 7.27. The van der Waals surface area contributed by atoms with Crippen molar-refractivity contribution in [1.29, 1.82) is 0 Å². The molecular formula is C12H15N3. The first-order valence-corrected chi connectivity index (χ1v) is 5.30. The van der Waals surface area contributed by atoms with E-state index in [4.69, 9.17) is 0 Å². The molecular weight excluding hydrogens is 186 g/mol. The number of nitrogens with zero attached hydrogens (tertiary/aromatic N) is 1. The minimum Gasteiger partial charge on any atom is -0.459 e. The van der Waals surface area contributed by atoms with Crippen LogP contribution in [0.15, 0.2) is 24.2 Å². The van der Waals surface area contributed by atoms with Gasteiger partial charge in [-0.25, -0.2) is 0 Å². The second-order valence-corrected chi connectivity index (χ2v) is 4.28. The molecule has 78 valence electrons. The van der Waals surface area contributed by atoms with Gasteiger partial charge >= 0.3 is 0 Å². The van der Waals surface area contributed by atoms with Crippen molar-refractivity contribution in [2.75, 3.05) is 13.1 Å². The Bertz CT molecular complexity index is 436. The second kappa shape index (κ2) is 3.15. The van der Waals surface area contributed by atoms with Crippen LogP contribution < -0.4 is 9.80 Å². The van der Waals surface area contributed by atoms with Crippen molar-refractivity contribution in [3.05, 3.63) is 43.8 Å². The quantitative estimate of drug-likeness (QED) is 0.527. The van der Waals surface area contributed by atoms with Crippen molar-refractivity contribution >= 4 is 11.3 Å². The topological polar surface area (TPSA) is 21.8 Å². The molecule has 0 aromatic carbocycles. The van der Waals surface area contributed by atoms with Crippen molar-refractivity contribution in [3.63, 3.8) is 0 Å². The molecule has 2 atom stereocenters. The van der Waals surface area contributed by atoms with Gasteiger partial charge in [-0.15, -0.1) is 7.05 Å². The molecule has 0 radical (unpaired) electrons. The summed E-state index contributed by atoms with van der Waals surface area (Å²) in [4.78, 5) is 6.72. The fourth-order valence-electron chi connectivity index (χ4n) is 2.54. The van der Waals surface area contributed by atoms with Crippen molar-refractivity contribution in [2.24, 2.45) is 0 Å².